The first kappa shape index (κ1) is 14.0. The van der Waals surface area contributed by atoms with Crippen molar-refractivity contribution >= 4 is 6.29 Å². The molecule has 3 rings (SSSR count). The van der Waals surface area contributed by atoms with Gasteiger partial charge in [0.2, 0.25) is 0 Å². The topological polar surface area (TPSA) is 43.1 Å². The van der Waals surface area contributed by atoms with Crippen molar-refractivity contribution in [3.63, 3.8) is 0 Å². The lowest BCUT2D eigenvalue weighted by Gasteiger charge is -2.12. The SMILES string of the molecule is N[C@H](CC1CC1)c1ccc(Cc2ccc(C=O)cc2)cc1. The van der Waals surface area contributed by atoms with Gasteiger partial charge in [-0.1, -0.05) is 61.4 Å². The van der Waals surface area contributed by atoms with E-state index in [9.17, 15) is 4.79 Å². The fourth-order valence-electron chi connectivity index (χ4n) is 2.68. The first-order valence-electron chi connectivity index (χ1n) is 7.63. The third kappa shape index (κ3) is 3.79. The fraction of sp³-hybridized carbons (Fsp3) is 0.316. The Hall–Kier alpha value is -1.93. The summed E-state index contributed by atoms with van der Waals surface area (Å²) >= 11 is 0. The second kappa shape index (κ2) is 6.23. The molecule has 0 aromatic heterocycles. The van der Waals surface area contributed by atoms with Crippen molar-refractivity contribution in [3.8, 4) is 0 Å². The molecule has 21 heavy (non-hydrogen) atoms. The predicted molar refractivity (Wildman–Crippen MR) is 85.3 cm³/mol. The first-order chi connectivity index (χ1) is 10.2. The van der Waals surface area contributed by atoms with Gasteiger partial charge in [0.25, 0.3) is 0 Å². The number of rotatable bonds is 6. The predicted octanol–water partition coefficient (Wildman–Crippen LogP) is 3.89. The molecule has 0 spiro atoms. The van der Waals surface area contributed by atoms with Gasteiger partial charge in [-0.2, -0.15) is 0 Å². The highest BCUT2D eigenvalue weighted by Gasteiger charge is 2.24. The van der Waals surface area contributed by atoms with Gasteiger partial charge in [-0.3, -0.25) is 4.79 Å². The molecule has 1 saturated carbocycles. The van der Waals surface area contributed by atoms with Gasteiger partial charge in [-0.25, -0.2) is 0 Å². The van der Waals surface area contributed by atoms with Crippen LogP contribution < -0.4 is 5.73 Å². The maximum atomic E-state index is 10.6. The van der Waals surface area contributed by atoms with E-state index in [1.165, 1.54) is 29.5 Å². The Morgan fingerprint density at radius 3 is 2.10 bits per heavy atom. The molecule has 2 nitrogen and oxygen atoms in total. The first-order valence-corrected chi connectivity index (χ1v) is 7.63. The van der Waals surface area contributed by atoms with Gasteiger partial charge in [-0.05, 0) is 35.4 Å². The van der Waals surface area contributed by atoms with Crippen LogP contribution in [-0.4, -0.2) is 6.29 Å². The van der Waals surface area contributed by atoms with Crippen molar-refractivity contribution in [3.05, 3.63) is 70.8 Å². The van der Waals surface area contributed by atoms with Crippen LogP contribution in [0, 0.1) is 5.92 Å². The Morgan fingerprint density at radius 2 is 1.57 bits per heavy atom. The summed E-state index contributed by atoms with van der Waals surface area (Å²) in [5.41, 5.74) is 10.7. The van der Waals surface area contributed by atoms with E-state index in [2.05, 4.69) is 24.3 Å². The molecule has 1 fully saturated rings. The van der Waals surface area contributed by atoms with Crippen molar-refractivity contribution in [2.75, 3.05) is 0 Å². The van der Waals surface area contributed by atoms with E-state index in [0.717, 1.165) is 30.6 Å². The molecular weight excluding hydrogens is 258 g/mol. The second-order valence-corrected chi connectivity index (χ2v) is 6.06. The number of benzene rings is 2. The number of nitrogens with two attached hydrogens (primary N) is 1. The van der Waals surface area contributed by atoms with Crippen molar-refractivity contribution in [2.45, 2.75) is 31.7 Å². The lowest BCUT2D eigenvalue weighted by atomic mass is 9.98. The highest BCUT2D eigenvalue weighted by molar-refractivity contribution is 5.74. The monoisotopic (exact) mass is 279 g/mol. The Labute approximate surface area is 126 Å². The van der Waals surface area contributed by atoms with Gasteiger partial charge in [0.05, 0.1) is 0 Å². The van der Waals surface area contributed by atoms with Gasteiger partial charge >= 0.3 is 0 Å². The van der Waals surface area contributed by atoms with Crippen LogP contribution in [0.1, 0.15) is 52.4 Å². The van der Waals surface area contributed by atoms with Crippen LogP contribution in [0.4, 0.5) is 0 Å². The molecule has 0 heterocycles. The third-order valence-electron chi connectivity index (χ3n) is 4.22. The number of hydrogen-bond donors (Lipinski definition) is 1. The van der Waals surface area contributed by atoms with Crippen molar-refractivity contribution in [1.82, 2.24) is 0 Å². The Morgan fingerprint density at radius 1 is 1.00 bits per heavy atom. The summed E-state index contributed by atoms with van der Waals surface area (Å²) in [5, 5.41) is 0. The van der Waals surface area contributed by atoms with E-state index < -0.39 is 0 Å². The highest BCUT2D eigenvalue weighted by Crippen LogP contribution is 2.36. The summed E-state index contributed by atoms with van der Waals surface area (Å²) < 4.78 is 0. The summed E-state index contributed by atoms with van der Waals surface area (Å²) in [6, 6.07) is 16.6. The number of aldehydes is 1. The minimum atomic E-state index is 0.179. The van der Waals surface area contributed by atoms with Crippen molar-refractivity contribution in [1.29, 1.82) is 0 Å². The second-order valence-electron chi connectivity index (χ2n) is 6.06. The molecule has 2 N–H and O–H groups in total. The van der Waals surface area contributed by atoms with E-state index in [1.807, 2.05) is 24.3 Å². The summed E-state index contributed by atoms with van der Waals surface area (Å²) in [6.07, 6.45) is 5.58. The van der Waals surface area contributed by atoms with E-state index in [1.54, 1.807) is 0 Å². The maximum Gasteiger partial charge on any atom is 0.150 e. The molecule has 0 radical (unpaired) electrons. The van der Waals surface area contributed by atoms with Crippen LogP contribution in [-0.2, 0) is 6.42 Å². The van der Waals surface area contributed by atoms with Crippen LogP contribution >= 0.6 is 0 Å². The molecule has 1 aliphatic rings. The minimum Gasteiger partial charge on any atom is -0.324 e. The largest absolute Gasteiger partial charge is 0.324 e. The molecule has 0 bridgehead atoms. The normalized spacial score (nSPS) is 15.7. The van der Waals surface area contributed by atoms with Gasteiger partial charge in [-0.15, -0.1) is 0 Å². The van der Waals surface area contributed by atoms with E-state index in [0.29, 0.717) is 0 Å². The number of carbonyl (C=O) groups excluding carboxylic acids is 1. The van der Waals surface area contributed by atoms with Crippen molar-refractivity contribution < 1.29 is 4.79 Å². The van der Waals surface area contributed by atoms with Crippen LogP contribution in [0.15, 0.2) is 48.5 Å². The fourth-order valence-corrected chi connectivity index (χ4v) is 2.68. The van der Waals surface area contributed by atoms with Crippen LogP contribution in [0.25, 0.3) is 0 Å². The van der Waals surface area contributed by atoms with Gasteiger partial charge in [0.15, 0.2) is 0 Å². The lowest BCUT2D eigenvalue weighted by Crippen LogP contribution is -2.10. The summed E-state index contributed by atoms with van der Waals surface area (Å²) in [6.45, 7) is 0. The molecule has 0 aliphatic heterocycles. The molecule has 0 unspecified atom stereocenters. The smallest absolute Gasteiger partial charge is 0.150 e. The Bertz CT molecular complexity index is 596. The Balaban J connectivity index is 1.63. The summed E-state index contributed by atoms with van der Waals surface area (Å²) in [7, 11) is 0. The molecule has 0 saturated heterocycles. The lowest BCUT2D eigenvalue weighted by molar-refractivity contribution is 0.112. The minimum absolute atomic E-state index is 0.179. The standard InChI is InChI=1S/C19H21NO/c20-19(12-16-1-2-16)18-9-7-15(8-10-18)11-14-3-5-17(13-21)6-4-14/h3-10,13,16,19H,1-2,11-12,20H2/t19-/m1/s1. The molecule has 1 atom stereocenters. The van der Waals surface area contributed by atoms with Crippen LogP contribution in [0.3, 0.4) is 0 Å². The molecule has 108 valence electrons. The van der Waals surface area contributed by atoms with Gasteiger partial charge in [0, 0.05) is 11.6 Å². The zero-order chi connectivity index (χ0) is 14.7. The average Bonchev–Trinajstić information content (AvgIpc) is 3.33. The van der Waals surface area contributed by atoms with Gasteiger partial charge < -0.3 is 5.73 Å². The molecule has 1 aliphatic carbocycles. The number of carbonyl (C=O) groups is 1. The zero-order valence-electron chi connectivity index (χ0n) is 12.2. The quantitative estimate of drug-likeness (QED) is 0.815. The molecule has 2 aromatic rings. The summed E-state index contributed by atoms with van der Waals surface area (Å²) in [5.74, 6) is 0.857. The van der Waals surface area contributed by atoms with E-state index in [-0.39, 0.29) is 6.04 Å². The Kier molecular flexibility index (Phi) is 4.16. The van der Waals surface area contributed by atoms with E-state index >= 15 is 0 Å². The molecule has 2 aromatic carbocycles. The van der Waals surface area contributed by atoms with Crippen LogP contribution in [0.2, 0.25) is 0 Å². The van der Waals surface area contributed by atoms with Gasteiger partial charge in [0.1, 0.15) is 6.29 Å². The van der Waals surface area contributed by atoms with Crippen molar-refractivity contribution in [2.24, 2.45) is 11.7 Å². The van der Waals surface area contributed by atoms with E-state index in [4.69, 9.17) is 5.73 Å². The summed E-state index contributed by atoms with van der Waals surface area (Å²) in [4.78, 5) is 10.6. The van der Waals surface area contributed by atoms with Crippen LogP contribution in [0.5, 0.6) is 0 Å². The maximum absolute atomic E-state index is 10.6. The number of hydrogen-bond acceptors (Lipinski definition) is 2. The third-order valence-corrected chi connectivity index (χ3v) is 4.22. The average molecular weight is 279 g/mol. The highest BCUT2D eigenvalue weighted by atomic mass is 16.1. The molecule has 0 amide bonds. The zero-order valence-corrected chi connectivity index (χ0v) is 12.2. The molecular formula is C19H21NO. The molecule has 2 heteroatoms.